The average Bonchev–Trinajstić information content (AvgIpc) is 2.28. The van der Waals surface area contributed by atoms with Crippen molar-refractivity contribution in [1.29, 1.82) is 0 Å². The van der Waals surface area contributed by atoms with Crippen molar-refractivity contribution in [3.05, 3.63) is 0 Å². The summed E-state index contributed by atoms with van der Waals surface area (Å²) in [6, 6.07) is 0. The number of nitrogens with zero attached hydrogens (tertiary/aromatic N) is 1. The van der Waals surface area contributed by atoms with Gasteiger partial charge in [0.05, 0.1) is 18.0 Å². The summed E-state index contributed by atoms with van der Waals surface area (Å²) in [4.78, 5) is 24.9. The molecule has 17 heavy (non-hydrogen) atoms. The molecule has 0 aromatic heterocycles. The summed E-state index contributed by atoms with van der Waals surface area (Å²) in [5, 5.41) is 0. The lowest BCUT2D eigenvalue weighted by molar-refractivity contribution is -0.147. The van der Waals surface area contributed by atoms with Gasteiger partial charge in [0.25, 0.3) is 0 Å². The van der Waals surface area contributed by atoms with Gasteiger partial charge in [-0.2, -0.15) is 0 Å². The first-order valence-corrected chi connectivity index (χ1v) is 6.03. The number of rotatable bonds is 7. The van der Waals surface area contributed by atoms with Gasteiger partial charge in [0.1, 0.15) is 6.54 Å². The molecular formula is C11H20N2O3S. The molecule has 0 aliphatic rings. The second-order valence-electron chi connectivity index (χ2n) is 3.70. The Kier molecular flexibility index (Phi) is 7.45. The monoisotopic (exact) mass is 260 g/mol. The van der Waals surface area contributed by atoms with Crippen LogP contribution in [-0.2, 0) is 14.3 Å². The van der Waals surface area contributed by atoms with Crippen molar-refractivity contribution in [2.24, 2.45) is 11.7 Å². The van der Waals surface area contributed by atoms with Gasteiger partial charge in [-0.3, -0.25) is 9.59 Å². The summed E-state index contributed by atoms with van der Waals surface area (Å²) in [6.07, 6.45) is 1.30. The normalized spacial score (nSPS) is 11.7. The summed E-state index contributed by atoms with van der Waals surface area (Å²) < 4.78 is 4.55. The van der Waals surface area contributed by atoms with Crippen LogP contribution in [0.5, 0.6) is 0 Å². The number of esters is 1. The number of carbonyl (C=O) groups is 2. The maximum atomic E-state index is 12.1. The van der Waals surface area contributed by atoms with Gasteiger partial charge in [-0.05, 0) is 12.8 Å². The van der Waals surface area contributed by atoms with E-state index in [1.807, 2.05) is 13.8 Å². The molecule has 0 spiro atoms. The minimum Gasteiger partial charge on any atom is -0.468 e. The van der Waals surface area contributed by atoms with Crippen molar-refractivity contribution in [2.75, 3.05) is 20.2 Å². The van der Waals surface area contributed by atoms with Crippen LogP contribution in [0.2, 0.25) is 0 Å². The Bertz CT molecular complexity index is 294. The second kappa shape index (κ2) is 8.00. The van der Waals surface area contributed by atoms with E-state index in [1.54, 1.807) is 0 Å². The fraction of sp³-hybridized carbons (Fsp3) is 0.727. The van der Waals surface area contributed by atoms with E-state index in [-0.39, 0.29) is 17.4 Å². The molecule has 2 N–H and O–H groups in total. The lowest BCUT2D eigenvalue weighted by Gasteiger charge is -2.25. The molecule has 0 aliphatic heterocycles. The van der Waals surface area contributed by atoms with Gasteiger partial charge in [0.2, 0.25) is 5.91 Å². The average molecular weight is 260 g/mol. The van der Waals surface area contributed by atoms with Crippen LogP contribution in [0.3, 0.4) is 0 Å². The first kappa shape index (κ1) is 15.8. The maximum Gasteiger partial charge on any atom is 0.325 e. The molecule has 5 nitrogen and oxygen atoms in total. The molecule has 0 saturated carbocycles. The minimum absolute atomic E-state index is 0.0533. The SMILES string of the molecule is CCCN(CC(=O)OC)C(=O)C(CC)C(N)=S. The van der Waals surface area contributed by atoms with Gasteiger partial charge < -0.3 is 15.4 Å². The van der Waals surface area contributed by atoms with Crippen LogP contribution >= 0.6 is 12.2 Å². The lowest BCUT2D eigenvalue weighted by atomic mass is 10.0. The number of amides is 1. The number of hydrogen-bond acceptors (Lipinski definition) is 4. The zero-order valence-corrected chi connectivity index (χ0v) is 11.4. The fourth-order valence-electron chi connectivity index (χ4n) is 1.48. The number of nitrogens with two attached hydrogens (primary N) is 1. The van der Waals surface area contributed by atoms with E-state index >= 15 is 0 Å². The van der Waals surface area contributed by atoms with Crippen molar-refractivity contribution < 1.29 is 14.3 Å². The van der Waals surface area contributed by atoms with Gasteiger partial charge in [0, 0.05) is 6.54 Å². The topological polar surface area (TPSA) is 72.6 Å². The smallest absolute Gasteiger partial charge is 0.325 e. The van der Waals surface area contributed by atoms with E-state index in [1.165, 1.54) is 12.0 Å². The zero-order chi connectivity index (χ0) is 13.4. The van der Waals surface area contributed by atoms with Crippen LogP contribution in [0.1, 0.15) is 26.7 Å². The number of carbonyl (C=O) groups excluding carboxylic acids is 2. The third kappa shape index (κ3) is 5.12. The Morgan fingerprint density at radius 3 is 2.35 bits per heavy atom. The molecule has 98 valence electrons. The zero-order valence-electron chi connectivity index (χ0n) is 10.6. The third-order valence-corrected chi connectivity index (χ3v) is 2.69. The van der Waals surface area contributed by atoms with Crippen molar-refractivity contribution >= 4 is 29.1 Å². The Morgan fingerprint density at radius 1 is 1.41 bits per heavy atom. The van der Waals surface area contributed by atoms with Gasteiger partial charge >= 0.3 is 5.97 Å². The number of ether oxygens (including phenoxy) is 1. The van der Waals surface area contributed by atoms with Crippen LogP contribution in [0.25, 0.3) is 0 Å². The summed E-state index contributed by atoms with van der Waals surface area (Å²) in [7, 11) is 1.29. The Morgan fingerprint density at radius 2 is 2.00 bits per heavy atom. The Hall–Kier alpha value is -1.17. The first-order valence-electron chi connectivity index (χ1n) is 5.62. The van der Waals surface area contributed by atoms with Crippen LogP contribution in [0, 0.1) is 5.92 Å². The van der Waals surface area contributed by atoms with E-state index < -0.39 is 11.9 Å². The summed E-state index contributed by atoms with van der Waals surface area (Å²) >= 11 is 4.85. The predicted octanol–water partition coefficient (Wildman–Crippen LogP) is 0.710. The molecule has 0 radical (unpaired) electrons. The molecule has 0 heterocycles. The fourth-order valence-corrected chi connectivity index (χ4v) is 1.74. The highest BCUT2D eigenvalue weighted by Gasteiger charge is 2.26. The minimum atomic E-state index is -0.499. The molecule has 0 bridgehead atoms. The molecule has 0 rings (SSSR count). The molecule has 0 saturated heterocycles. The van der Waals surface area contributed by atoms with E-state index in [4.69, 9.17) is 18.0 Å². The molecule has 0 fully saturated rings. The summed E-state index contributed by atoms with van der Waals surface area (Å²) in [6.45, 7) is 4.21. The quantitative estimate of drug-likeness (QED) is 0.539. The largest absolute Gasteiger partial charge is 0.468 e. The summed E-state index contributed by atoms with van der Waals surface area (Å²) in [5.41, 5.74) is 5.51. The van der Waals surface area contributed by atoms with Crippen LogP contribution in [0.15, 0.2) is 0 Å². The van der Waals surface area contributed by atoms with E-state index in [0.29, 0.717) is 13.0 Å². The second-order valence-corrected chi connectivity index (χ2v) is 4.17. The highest BCUT2D eigenvalue weighted by Crippen LogP contribution is 2.09. The summed E-state index contributed by atoms with van der Waals surface area (Å²) in [5.74, 6) is -1.14. The van der Waals surface area contributed by atoms with Crippen molar-refractivity contribution in [2.45, 2.75) is 26.7 Å². The Balaban J connectivity index is 4.73. The van der Waals surface area contributed by atoms with E-state index in [2.05, 4.69) is 4.74 Å². The van der Waals surface area contributed by atoms with E-state index in [9.17, 15) is 9.59 Å². The third-order valence-electron chi connectivity index (χ3n) is 2.40. The highest BCUT2D eigenvalue weighted by atomic mass is 32.1. The maximum absolute atomic E-state index is 12.1. The molecule has 0 aliphatic carbocycles. The van der Waals surface area contributed by atoms with Crippen molar-refractivity contribution in [3.63, 3.8) is 0 Å². The number of methoxy groups -OCH3 is 1. The van der Waals surface area contributed by atoms with Crippen LogP contribution < -0.4 is 5.73 Å². The molecule has 0 aromatic carbocycles. The highest BCUT2D eigenvalue weighted by molar-refractivity contribution is 7.80. The molecule has 1 unspecified atom stereocenters. The molecule has 6 heteroatoms. The molecule has 1 atom stereocenters. The van der Waals surface area contributed by atoms with Gasteiger partial charge in [0.15, 0.2) is 0 Å². The number of hydrogen-bond donors (Lipinski definition) is 1. The molecular weight excluding hydrogens is 240 g/mol. The number of thiocarbonyl (C=S) groups is 1. The lowest BCUT2D eigenvalue weighted by Crippen LogP contribution is -2.44. The van der Waals surface area contributed by atoms with Gasteiger partial charge in [-0.1, -0.05) is 26.1 Å². The molecule has 1 amide bonds. The van der Waals surface area contributed by atoms with Gasteiger partial charge in [-0.25, -0.2) is 0 Å². The van der Waals surface area contributed by atoms with E-state index in [0.717, 1.165) is 6.42 Å². The Labute approximate surface area is 107 Å². The first-order chi connectivity index (χ1) is 7.97. The van der Waals surface area contributed by atoms with Crippen molar-refractivity contribution in [1.82, 2.24) is 4.90 Å². The standard InChI is InChI=1S/C11H20N2O3S/c1-4-6-13(7-9(14)16-3)11(15)8(5-2)10(12)17/h8H,4-7H2,1-3H3,(H2,12,17). The molecule has 0 aromatic rings. The van der Waals surface area contributed by atoms with Crippen LogP contribution in [-0.4, -0.2) is 42.0 Å². The van der Waals surface area contributed by atoms with Crippen molar-refractivity contribution in [3.8, 4) is 0 Å². The van der Waals surface area contributed by atoms with Gasteiger partial charge in [-0.15, -0.1) is 0 Å². The predicted molar refractivity (Wildman–Crippen MR) is 69.5 cm³/mol. The van der Waals surface area contributed by atoms with Crippen LogP contribution in [0.4, 0.5) is 0 Å².